The van der Waals surface area contributed by atoms with Crippen molar-refractivity contribution in [2.75, 3.05) is 33.6 Å². The molecule has 0 radical (unpaired) electrons. The van der Waals surface area contributed by atoms with Gasteiger partial charge in [-0.1, -0.05) is 30.1 Å². The number of nitrogens with zero attached hydrogens (tertiary/aromatic N) is 1. The lowest BCUT2D eigenvalue weighted by atomic mass is 10.4. The summed E-state index contributed by atoms with van der Waals surface area (Å²) in [6.07, 6.45) is 0.833. The lowest BCUT2D eigenvalue weighted by Crippen LogP contribution is -2.37. The maximum atomic E-state index is 11.4. The molecular formula is C9H17Cl2NO3. The standard InChI is InChI=1S/C9H17Cl2NO3/c1-3-4-12(9(13)8(10)11)7-15-6-5-14-2/h8H,3-7H2,1-2H3. The van der Waals surface area contributed by atoms with E-state index in [0.29, 0.717) is 19.8 Å². The van der Waals surface area contributed by atoms with Crippen LogP contribution in [0.15, 0.2) is 0 Å². The molecular weight excluding hydrogens is 241 g/mol. The molecule has 0 aliphatic heterocycles. The van der Waals surface area contributed by atoms with Gasteiger partial charge in [-0.05, 0) is 6.42 Å². The Morgan fingerprint density at radius 2 is 2.07 bits per heavy atom. The number of hydrogen-bond acceptors (Lipinski definition) is 3. The first-order chi connectivity index (χ1) is 7.13. The van der Waals surface area contributed by atoms with Crippen LogP contribution in [-0.4, -0.2) is 49.2 Å². The Morgan fingerprint density at radius 1 is 1.40 bits per heavy atom. The zero-order valence-corrected chi connectivity index (χ0v) is 10.6. The fourth-order valence-electron chi connectivity index (χ4n) is 0.963. The Morgan fingerprint density at radius 3 is 2.53 bits per heavy atom. The van der Waals surface area contributed by atoms with Crippen LogP contribution < -0.4 is 0 Å². The van der Waals surface area contributed by atoms with Crippen molar-refractivity contribution in [1.29, 1.82) is 0 Å². The van der Waals surface area contributed by atoms with E-state index in [2.05, 4.69) is 0 Å². The maximum Gasteiger partial charge on any atom is 0.257 e. The molecule has 15 heavy (non-hydrogen) atoms. The number of ether oxygens (including phenoxy) is 2. The highest BCUT2D eigenvalue weighted by Crippen LogP contribution is 2.07. The SMILES string of the molecule is CCCN(COCCOC)C(=O)C(Cl)Cl. The third-order valence-corrected chi connectivity index (χ3v) is 2.04. The van der Waals surface area contributed by atoms with Gasteiger partial charge in [0.1, 0.15) is 6.73 Å². The van der Waals surface area contributed by atoms with Crippen LogP contribution >= 0.6 is 23.2 Å². The number of carbonyl (C=O) groups is 1. The van der Waals surface area contributed by atoms with Crippen molar-refractivity contribution in [3.63, 3.8) is 0 Å². The predicted molar refractivity (Wildman–Crippen MR) is 60.2 cm³/mol. The van der Waals surface area contributed by atoms with Gasteiger partial charge in [0, 0.05) is 13.7 Å². The number of halogens is 2. The van der Waals surface area contributed by atoms with Gasteiger partial charge in [0.15, 0.2) is 4.84 Å². The molecule has 0 bridgehead atoms. The number of hydrogen-bond donors (Lipinski definition) is 0. The van der Waals surface area contributed by atoms with E-state index in [1.807, 2.05) is 6.92 Å². The van der Waals surface area contributed by atoms with Crippen LogP contribution in [0.3, 0.4) is 0 Å². The third kappa shape index (κ3) is 6.95. The topological polar surface area (TPSA) is 38.8 Å². The minimum Gasteiger partial charge on any atom is -0.382 e. The molecule has 90 valence electrons. The summed E-state index contributed by atoms with van der Waals surface area (Å²) >= 11 is 11.0. The normalized spacial score (nSPS) is 10.7. The highest BCUT2D eigenvalue weighted by molar-refractivity contribution is 6.53. The number of methoxy groups -OCH3 is 1. The summed E-state index contributed by atoms with van der Waals surface area (Å²) in [6, 6.07) is 0. The average molecular weight is 258 g/mol. The summed E-state index contributed by atoms with van der Waals surface area (Å²) < 4.78 is 10.0. The van der Waals surface area contributed by atoms with Crippen molar-refractivity contribution in [1.82, 2.24) is 4.90 Å². The van der Waals surface area contributed by atoms with Crippen LogP contribution in [-0.2, 0) is 14.3 Å². The highest BCUT2D eigenvalue weighted by Gasteiger charge is 2.19. The van der Waals surface area contributed by atoms with Crippen molar-refractivity contribution >= 4 is 29.1 Å². The molecule has 0 saturated heterocycles. The van der Waals surface area contributed by atoms with Crippen molar-refractivity contribution in [3.05, 3.63) is 0 Å². The summed E-state index contributed by atoms with van der Waals surface area (Å²) in [4.78, 5) is 11.9. The Bertz CT molecular complexity index is 179. The molecule has 0 unspecified atom stereocenters. The van der Waals surface area contributed by atoms with Gasteiger partial charge >= 0.3 is 0 Å². The first-order valence-electron chi connectivity index (χ1n) is 4.77. The predicted octanol–water partition coefficient (Wildman–Crippen LogP) is 1.65. The maximum absolute atomic E-state index is 11.4. The lowest BCUT2D eigenvalue weighted by Gasteiger charge is -2.22. The van der Waals surface area contributed by atoms with E-state index in [9.17, 15) is 4.79 Å². The van der Waals surface area contributed by atoms with Gasteiger partial charge in [0.05, 0.1) is 13.2 Å². The smallest absolute Gasteiger partial charge is 0.257 e. The van der Waals surface area contributed by atoms with Gasteiger partial charge < -0.3 is 14.4 Å². The van der Waals surface area contributed by atoms with Crippen molar-refractivity contribution < 1.29 is 14.3 Å². The Hall–Kier alpha value is -0.0300. The van der Waals surface area contributed by atoms with Gasteiger partial charge in [-0.25, -0.2) is 0 Å². The first kappa shape index (κ1) is 15.0. The second-order valence-electron chi connectivity index (χ2n) is 2.93. The van der Waals surface area contributed by atoms with Crippen LogP contribution in [0.25, 0.3) is 0 Å². The molecule has 0 heterocycles. The first-order valence-corrected chi connectivity index (χ1v) is 5.64. The van der Waals surface area contributed by atoms with Crippen LogP contribution in [0.4, 0.5) is 0 Å². The van der Waals surface area contributed by atoms with Crippen LogP contribution in [0.2, 0.25) is 0 Å². The monoisotopic (exact) mass is 257 g/mol. The van der Waals surface area contributed by atoms with Crippen LogP contribution in [0, 0.1) is 0 Å². The van der Waals surface area contributed by atoms with E-state index in [1.165, 1.54) is 4.90 Å². The van der Waals surface area contributed by atoms with Gasteiger partial charge in [0.2, 0.25) is 0 Å². The quantitative estimate of drug-likeness (QED) is 0.377. The number of amides is 1. The zero-order valence-electron chi connectivity index (χ0n) is 9.04. The Labute approximate surface area is 100 Å². The second-order valence-corrected chi connectivity index (χ2v) is 4.03. The van der Waals surface area contributed by atoms with E-state index in [1.54, 1.807) is 7.11 Å². The molecule has 0 fully saturated rings. The van der Waals surface area contributed by atoms with Crippen LogP contribution in [0.1, 0.15) is 13.3 Å². The van der Waals surface area contributed by atoms with Gasteiger partial charge in [-0.2, -0.15) is 0 Å². The minimum absolute atomic E-state index is 0.200. The lowest BCUT2D eigenvalue weighted by molar-refractivity contribution is -0.135. The fraction of sp³-hybridized carbons (Fsp3) is 0.889. The van der Waals surface area contributed by atoms with Crippen molar-refractivity contribution in [2.45, 2.75) is 18.2 Å². The number of rotatable bonds is 8. The van der Waals surface area contributed by atoms with E-state index in [4.69, 9.17) is 32.7 Å². The molecule has 0 saturated carbocycles. The Balaban J connectivity index is 3.87. The van der Waals surface area contributed by atoms with Gasteiger partial charge in [-0.15, -0.1) is 0 Å². The number of alkyl halides is 2. The summed E-state index contributed by atoms with van der Waals surface area (Å²) in [7, 11) is 1.59. The summed E-state index contributed by atoms with van der Waals surface area (Å²) in [6.45, 7) is 3.69. The van der Waals surface area contributed by atoms with E-state index in [0.717, 1.165) is 6.42 Å². The fourth-order valence-corrected chi connectivity index (χ4v) is 1.24. The molecule has 0 atom stereocenters. The molecule has 0 rings (SSSR count). The largest absolute Gasteiger partial charge is 0.382 e. The minimum atomic E-state index is -1.03. The summed E-state index contributed by atoms with van der Waals surface area (Å²) in [5.41, 5.74) is 0. The highest BCUT2D eigenvalue weighted by atomic mass is 35.5. The molecule has 0 aliphatic carbocycles. The zero-order chi connectivity index (χ0) is 11.7. The van der Waals surface area contributed by atoms with Crippen molar-refractivity contribution in [2.24, 2.45) is 0 Å². The molecule has 1 amide bonds. The molecule has 4 nitrogen and oxygen atoms in total. The second kappa shape index (κ2) is 9.21. The average Bonchev–Trinajstić information content (AvgIpc) is 2.21. The molecule has 0 N–H and O–H groups in total. The van der Waals surface area contributed by atoms with Gasteiger partial charge in [0.25, 0.3) is 5.91 Å². The molecule has 6 heteroatoms. The third-order valence-electron chi connectivity index (χ3n) is 1.67. The summed E-state index contributed by atoms with van der Waals surface area (Å²) in [5.74, 6) is -0.322. The number of carbonyl (C=O) groups excluding carboxylic acids is 1. The molecule has 0 aromatic rings. The van der Waals surface area contributed by atoms with E-state index >= 15 is 0 Å². The molecule has 0 spiro atoms. The van der Waals surface area contributed by atoms with E-state index < -0.39 is 4.84 Å². The summed E-state index contributed by atoms with van der Waals surface area (Å²) in [5, 5.41) is 0. The van der Waals surface area contributed by atoms with Gasteiger partial charge in [-0.3, -0.25) is 4.79 Å². The molecule has 0 aromatic carbocycles. The molecule has 0 aromatic heterocycles. The molecule has 0 aliphatic rings. The van der Waals surface area contributed by atoms with E-state index in [-0.39, 0.29) is 12.6 Å². The Kier molecular flexibility index (Phi) is 9.20. The van der Waals surface area contributed by atoms with Crippen LogP contribution in [0.5, 0.6) is 0 Å². The van der Waals surface area contributed by atoms with Crippen molar-refractivity contribution in [3.8, 4) is 0 Å².